The molecule has 0 aliphatic carbocycles. The standard InChI is InChI=1S/C10H20N2O/c11-7-10-2-5-12(10)4-1-9-3-6-13-8-9/h9-10H,1-8,11H2. The monoisotopic (exact) mass is 184 g/mol. The first-order valence-corrected chi connectivity index (χ1v) is 5.42. The van der Waals surface area contributed by atoms with Gasteiger partial charge in [0.25, 0.3) is 0 Å². The van der Waals surface area contributed by atoms with Crippen molar-refractivity contribution in [3.8, 4) is 0 Å². The van der Waals surface area contributed by atoms with Crippen LogP contribution in [0.2, 0.25) is 0 Å². The molecule has 0 aromatic carbocycles. The van der Waals surface area contributed by atoms with Gasteiger partial charge in [-0.25, -0.2) is 0 Å². The lowest BCUT2D eigenvalue weighted by molar-refractivity contribution is 0.0871. The molecular formula is C10H20N2O. The van der Waals surface area contributed by atoms with Crippen molar-refractivity contribution in [1.29, 1.82) is 0 Å². The van der Waals surface area contributed by atoms with Gasteiger partial charge in [-0.3, -0.25) is 4.90 Å². The zero-order valence-corrected chi connectivity index (χ0v) is 8.24. The fourth-order valence-corrected chi connectivity index (χ4v) is 2.21. The number of hydrogen-bond donors (Lipinski definition) is 1. The van der Waals surface area contributed by atoms with Gasteiger partial charge in [0.1, 0.15) is 0 Å². The molecule has 2 rings (SSSR count). The summed E-state index contributed by atoms with van der Waals surface area (Å²) in [7, 11) is 0. The number of hydrogen-bond acceptors (Lipinski definition) is 3. The van der Waals surface area contributed by atoms with Crippen molar-refractivity contribution >= 4 is 0 Å². The van der Waals surface area contributed by atoms with E-state index in [1.807, 2.05) is 0 Å². The molecule has 2 heterocycles. The molecule has 0 radical (unpaired) electrons. The first-order chi connectivity index (χ1) is 6.40. The number of nitrogens with zero attached hydrogens (tertiary/aromatic N) is 1. The van der Waals surface area contributed by atoms with Crippen LogP contribution in [0, 0.1) is 5.92 Å². The van der Waals surface area contributed by atoms with Crippen LogP contribution >= 0.6 is 0 Å². The van der Waals surface area contributed by atoms with Crippen molar-refractivity contribution in [1.82, 2.24) is 4.90 Å². The van der Waals surface area contributed by atoms with E-state index in [1.165, 1.54) is 32.4 Å². The van der Waals surface area contributed by atoms with E-state index in [1.54, 1.807) is 0 Å². The molecule has 2 unspecified atom stereocenters. The summed E-state index contributed by atoms with van der Waals surface area (Å²) < 4.78 is 5.35. The Hall–Kier alpha value is -0.120. The van der Waals surface area contributed by atoms with E-state index >= 15 is 0 Å². The molecule has 0 amide bonds. The molecular weight excluding hydrogens is 164 g/mol. The van der Waals surface area contributed by atoms with Gasteiger partial charge in [0.05, 0.1) is 0 Å². The maximum absolute atomic E-state index is 5.64. The van der Waals surface area contributed by atoms with E-state index in [9.17, 15) is 0 Å². The lowest BCUT2D eigenvalue weighted by Gasteiger charge is -2.40. The van der Waals surface area contributed by atoms with E-state index in [0.717, 1.165) is 25.7 Å². The highest BCUT2D eigenvalue weighted by Crippen LogP contribution is 2.21. The quantitative estimate of drug-likeness (QED) is 0.689. The lowest BCUT2D eigenvalue weighted by Crippen LogP contribution is -2.52. The third-order valence-corrected chi connectivity index (χ3v) is 3.39. The first kappa shape index (κ1) is 9.44. The molecule has 0 saturated carbocycles. The van der Waals surface area contributed by atoms with Gasteiger partial charge in [0.2, 0.25) is 0 Å². The van der Waals surface area contributed by atoms with Crippen LogP contribution in [0.25, 0.3) is 0 Å². The maximum Gasteiger partial charge on any atom is 0.0495 e. The first-order valence-electron chi connectivity index (χ1n) is 5.42. The summed E-state index contributed by atoms with van der Waals surface area (Å²) in [6.07, 6.45) is 3.87. The Labute approximate surface area is 80.2 Å². The van der Waals surface area contributed by atoms with E-state index < -0.39 is 0 Å². The van der Waals surface area contributed by atoms with Gasteiger partial charge < -0.3 is 10.5 Å². The molecule has 76 valence electrons. The second kappa shape index (κ2) is 4.40. The molecule has 2 saturated heterocycles. The minimum atomic E-state index is 0.683. The Morgan fingerprint density at radius 1 is 1.38 bits per heavy atom. The SMILES string of the molecule is NCC1CCN1CCC1CCOC1. The van der Waals surface area contributed by atoms with Gasteiger partial charge in [0.15, 0.2) is 0 Å². The summed E-state index contributed by atoms with van der Waals surface area (Å²) in [6, 6.07) is 0.683. The molecule has 2 N–H and O–H groups in total. The Kier molecular flexibility index (Phi) is 3.19. The molecule has 2 atom stereocenters. The van der Waals surface area contributed by atoms with E-state index in [2.05, 4.69) is 4.90 Å². The molecule has 3 heteroatoms. The van der Waals surface area contributed by atoms with Crippen LogP contribution in [0.15, 0.2) is 0 Å². The molecule has 2 aliphatic heterocycles. The largest absolute Gasteiger partial charge is 0.381 e. The third kappa shape index (κ3) is 2.22. The van der Waals surface area contributed by atoms with Crippen molar-refractivity contribution in [2.75, 3.05) is 32.8 Å². The summed E-state index contributed by atoms with van der Waals surface area (Å²) in [4.78, 5) is 2.51. The van der Waals surface area contributed by atoms with Gasteiger partial charge in [-0.1, -0.05) is 0 Å². The Bertz CT molecular complexity index is 155. The summed E-state index contributed by atoms with van der Waals surface area (Å²) in [5.74, 6) is 0.819. The van der Waals surface area contributed by atoms with Gasteiger partial charge in [-0.15, -0.1) is 0 Å². The Morgan fingerprint density at radius 3 is 2.85 bits per heavy atom. The van der Waals surface area contributed by atoms with Crippen molar-refractivity contribution < 1.29 is 4.74 Å². The van der Waals surface area contributed by atoms with Crippen LogP contribution in [0.4, 0.5) is 0 Å². The Morgan fingerprint density at radius 2 is 2.31 bits per heavy atom. The fraction of sp³-hybridized carbons (Fsp3) is 1.00. The number of ether oxygens (including phenoxy) is 1. The average molecular weight is 184 g/mol. The van der Waals surface area contributed by atoms with Gasteiger partial charge >= 0.3 is 0 Å². The highest BCUT2D eigenvalue weighted by molar-refractivity contribution is 4.83. The van der Waals surface area contributed by atoms with Gasteiger partial charge in [0, 0.05) is 32.3 Å². The van der Waals surface area contributed by atoms with Crippen LogP contribution < -0.4 is 5.73 Å². The van der Waals surface area contributed by atoms with Crippen LogP contribution in [0.1, 0.15) is 19.3 Å². The van der Waals surface area contributed by atoms with Crippen molar-refractivity contribution in [3.05, 3.63) is 0 Å². The average Bonchev–Trinajstić information content (AvgIpc) is 2.56. The van der Waals surface area contributed by atoms with Crippen LogP contribution in [-0.4, -0.2) is 43.8 Å². The predicted molar refractivity (Wildman–Crippen MR) is 52.6 cm³/mol. The van der Waals surface area contributed by atoms with Gasteiger partial charge in [-0.05, 0) is 31.7 Å². The highest BCUT2D eigenvalue weighted by Gasteiger charge is 2.27. The van der Waals surface area contributed by atoms with Crippen LogP contribution in [-0.2, 0) is 4.74 Å². The molecule has 13 heavy (non-hydrogen) atoms. The zero-order chi connectivity index (χ0) is 9.10. The minimum Gasteiger partial charge on any atom is -0.381 e. The fourth-order valence-electron chi connectivity index (χ4n) is 2.21. The van der Waals surface area contributed by atoms with E-state index in [-0.39, 0.29) is 0 Å². The van der Waals surface area contributed by atoms with Crippen LogP contribution in [0.5, 0.6) is 0 Å². The summed E-state index contributed by atoms with van der Waals surface area (Å²) in [5.41, 5.74) is 5.64. The van der Waals surface area contributed by atoms with E-state index in [0.29, 0.717) is 6.04 Å². The van der Waals surface area contributed by atoms with Crippen LogP contribution in [0.3, 0.4) is 0 Å². The number of nitrogens with two attached hydrogens (primary N) is 1. The zero-order valence-electron chi connectivity index (χ0n) is 8.24. The molecule has 0 bridgehead atoms. The smallest absolute Gasteiger partial charge is 0.0495 e. The minimum absolute atomic E-state index is 0.683. The maximum atomic E-state index is 5.64. The lowest BCUT2D eigenvalue weighted by atomic mass is 9.99. The molecule has 2 fully saturated rings. The summed E-state index contributed by atoms with van der Waals surface area (Å²) in [6.45, 7) is 5.29. The molecule has 2 aliphatic rings. The number of likely N-dealkylation sites (tertiary alicyclic amines) is 1. The molecule has 0 aromatic heterocycles. The summed E-state index contributed by atoms with van der Waals surface area (Å²) in [5, 5.41) is 0. The molecule has 0 spiro atoms. The highest BCUT2D eigenvalue weighted by atomic mass is 16.5. The predicted octanol–water partition coefficient (Wildman–Crippen LogP) is 0.446. The molecule has 3 nitrogen and oxygen atoms in total. The second-order valence-corrected chi connectivity index (χ2v) is 4.23. The van der Waals surface area contributed by atoms with Crippen molar-refractivity contribution in [2.45, 2.75) is 25.3 Å². The van der Waals surface area contributed by atoms with E-state index in [4.69, 9.17) is 10.5 Å². The van der Waals surface area contributed by atoms with Gasteiger partial charge in [-0.2, -0.15) is 0 Å². The third-order valence-electron chi connectivity index (χ3n) is 3.39. The number of rotatable bonds is 4. The topological polar surface area (TPSA) is 38.5 Å². The van der Waals surface area contributed by atoms with Crippen molar-refractivity contribution in [3.63, 3.8) is 0 Å². The molecule has 0 aromatic rings. The van der Waals surface area contributed by atoms with Crippen molar-refractivity contribution in [2.24, 2.45) is 11.7 Å². The second-order valence-electron chi connectivity index (χ2n) is 4.23. The normalized spacial score (nSPS) is 34.8. The Balaban J connectivity index is 1.61. The summed E-state index contributed by atoms with van der Waals surface area (Å²) >= 11 is 0.